The molecule has 0 amide bonds. The van der Waals surface area contributed by atoms with E-state index in [0.717, 1.165) is 0 Å². The molecule has 0 aliphatic heterocycles. The summed E-state index contributed by atoms with van der Waals surface area (Å²) in [5.74, 6) is -1.19. The summed E-state index contributed by atoms with van der Waals surface area (Å²) in [5, 5.41) is 11.0. The second-order valence-corrected chi connectivity index (χ2v) is 2.57. The Bertz CT molecular complexity index is 331. The zero-order valence-corrected chi connectivity index (χ0v) is 6.84. The van der Waals surface area contributed by atoms with E-state index >= 15 is 0 Å². The molecule has 1 aromatic heterocycles. The van der Waals surface area contributed by atoms with E-state index in [2.05, 4.69) is 9.68 Å². The second kappa shape index (κ2) is 3.69. The molecule has 0 saturated carbocycles. The van der Waals surface area contributed by atoms with Crippen molar-refractivity contribution >= 4 is 5.97 Å². The summed E-state index contributed by atoms with van der Waals surface area (Å²) < 4.78 is 40.2. The van der Waals surface area contributed by atoms with Gasteiger partial charge in [0.1, 0.15) is 5.76 Å². The molecule has 1 aromatic rings. The molecule has 0 atom stereocenters. The lowest BCUT2D eigenvalue weighted by atomic mass is 10.2. The van der Waals surface area contributed by atoms with Gasteiger partial charge in [0.25, 0.3) is 0 Å². The van der Waals surface area contributed by atoms with Crippen LogP contribution in [0, 0.1) is 0 Å². The number of nitrogens with zero attached hydrogens (tertiary/aromatic N) is 1. The monoisotopic (exact) mass is 209 g/mol. The minimum absolute atomic E-state index is 0.0836. The SMILES string of the molecule is O=C(O)CCc1cc(C(F)(F)F)no1. The van der Waals surface area contributed by atoms with Crippen molar-refractivity contribution in [3.63, 3.8) is 0 Å². The fourth-order valence-corrected chi connectivity index (χ4v) is 0.795. The molecule has 4 nitrogen and oxygen atoms in total. The number of aryl methyl sites for hydroxylation is 1. The molecule has 78 valence electrons. The van der Waals surface area contributed by atoms with Crippen LogP contribution in [0.25, 0.3) is 0 Å². The van der Waals surface area contributed by atoms with Crippen molar-refractivity contribution < 1.29 is 27.6 Å². The predicted molar refractivity (Wildman–Crippen MR) is 37.5 cm³/mol. The largest absolute Gasteiger partial charge is 0.481 e. The summed E-state index contributed by atoms with van der Waals surface area (Å²) >= 11 is 0. The van der Waals surface area contributed by atoms with Crippen molar-refractivity contribution in [2.75, 3.05) is 0 Å². The van der Waals surface area contributed by atoms with E-state index in [1.165, 1.54) is 0 Å². The zero-order chi connectivity index (χ0) is 10.8. The van der Waals surface area contributed by atoms with Gasteiger partial charge in [0.2, 0.25) is 0 Å². The average molecular weight is 209 g/mol. The lowest BCUT2D eigenvalue weighted by molar-refractivity contribution is -0.142. The maximum absolute atomic E-state index is 12.0. The van der Waals surface area contributed by atoms with E-state index in [-0.39, 0.29) is 18.6 Å². The van der Waals surface area contributed by atoms with Crippen molar-refractivity contribution in [1.29, 1.82) is 0 Å². The van der Waals surface area contributed by atoms with Crippen LogP contribution in [0.2, 0.25) is 0 Å². The number of hydrogen-bond donors (Lipinski definition) is 1. The lowest BCUT2D eigenvalue weighted by Crippen LogP contribution is -2.04. The summed E-state index contributed by atoms with van der Waals surface area (Å²) in [4.78, 5) is 10.1. The van der Waals surface area contributed by atoms with Crippen LogP contribution in [0.1, 0.15) is 17.9 Å². The third-order valence-corrected chi connectivity index (χ3v) is 1.43. The highest BCUT2D eigenvalue weighted by atomic mass is 19.4. The number of carboxylic acid groups (broad SMARTS) is 1. The van der Waals surface area contributed by atoms with Crippen LogP contribution in [0.3, 0.4) is 0 Å². The smallest absolute Gasteiger partial charge is 0.436 e. The zero-order valence-electron chi connectivity index (χ0n) is 6.84. The van der Waals surface area contributed by atoms with Crippen LogP contribution >= 0.6 is 0 Å². The Morgan fingerprint density at radius 3 is 2.64 bits per heavy atom. The highest BCUT2D eigenvalue weighted by molar-refractivity contribution is 5.66. The Hall–Kier alpha value is -1.53. The molecule has 0 bridgehead atoms. The van der Waals surface area contributed by atoms with Gasteiger partial charge in [0.15, 0.2) is 5.69 Å². The number of rotatable bonds is 3. The second-order valence-electron chi connectivity index (χ2n) is 2.57. The first-order valence-corrected chi connectivity index (χ1v) is 3.64. The van der Waals surface area contributed by atoms with Gasteiger partial charge < -0.3 is 9.63 Å². The topological polar surface area (TPSA) is 63.3 Å². The Kier molecular flexibility index (Phi) is 2.78. The molecule has 0 unspecified atom stereocenters. The number of aliphatic carboxylic acids is 1. The lowest BCUT2D eigenvalue weighted by Gasteiger charge is -1.97. The number of halogens is 3. The minimum Gasteiger partial charge on any atom is -0.481 e. The minimum atomic E-state index is -4.55. The van der Waals surface area contributed by atoms with Gasteiger partial charge in [-0.2, -0.15) is 13.2 Å². The molecule has 0 aromatic carbocycles. The van der Waals surface area contributed by atoms with Crippen LogP contribution in [0.5, 0.6) is 0 Å². The van der Waals surface area contributed by atoms with E-state index in [1.54, 1.807) is 0 Å². The number of carboxylic acids is 1. The molecule has 14 heavy (non-hydrogen) atoms. The van der Waals surface area contributed by atoms with E-state index in [9.17, 15) is 18.0 Å². The fourth-order valence-electron chi connectivity index (χ4n) is 0.795. The molecule has 0 aliphatic rings. The Morgan fingerprint density at radius 2 is 2.21 bits per heavy atom. The molecule has 1 heterocycles. The quantitative estimate of drug-likeness (QED) is 0.822. The highest BCUT2D eigenvalue weighted by Crippen LogP contribution is 2.28. The van der Waals surface area contributed by atoms with Crippen LogP contribution in [0.4, 0.5) is 13.2 Å². The average Bonchev–Trinajstić information content (AvgIpc) is 2.47. The summed E-state index contributed by atoms with van der Waals surface area (Å²) in [7, 11) is 0. The summed E-state index contributed by atoms with van der Waals surface area (Å²) in [6, 6.07) is 0.697. The maximum Gasteiger partial charge on any atom is 0.436 e. The van der Waals surface area contributed by atoms with Gasteiger partial charge in [-0.15, -0.1) is 0 Å². The van der Waals surface area contributed by atoms with Gasteiger partial charge in [-0.3, -0.25) is 4.79 Å². The van der Waals surface area contributed by atoms with Crippen molar-refractivity contribution in [2.24, 2.45) is 0 Å². The molecule has 0 fully saturated rings. The van der Waals surface area contributed by atoms with E-state index < -0.39 is 17.8 Å². The van der Waals surface area contributed by atoms with Crippen molar-refractivity contribution in [1.82, 2.24) is 5.16 Å². The van der Waals surface area contributed by atoms with Crippen LogP contribution in [0.15, 0.2) is 10.6 Å². The maximum atomic E-state index is 12.0. The van der Waals surface area contributed by atoms with E-state index in [1.807, 2.05) is 0 Å². The predicted octanol–water partition coefficient (Wildman–Crippen LogP) is 1.71. The molecule has 0 spiro atoms. The molecular weight excluding hydrogens is 203 g/mol. The van der Waals surface area contributed by atoms with E-state index in [0.29, 0.717) is 6.07 Å². The van der Waals surface area contributed by atoms with Crippen LogP contribution < -0.4 is 0 Å². The van der Waals surface area contributed by atoms with Crippen molar-refractivity contribution in [2.45, 2.75) is 19.0 Å². The Labute approximate surface area is 76.3 Å². The number of carbonyl (C=O) groups is 1. The van der Waals surface area contributed by atoms with Gasteiger partial charge in [-0.25, -0.2) is 0 Å². The molecule has 0 radical (unpaired) electrons. The van der Waals surface area contributed by atoms with Gasteiger partial charge in [-0.1, -0.05) is 5.16 Å². The molecule has 1 N–H and O–H groups in total. The van der Waals surface area contributed by atoms with Crippen molar-refractivity contribution in [3.05, 3.63) is 17.5 Å². The Morgan fingerprint density at radius 1 is 1.57 bits per heavy atom. The normalized spacial score (nSPS) is 11.6. The third kappa shape index (κ3) is 2.75. The van der Waals surface area contributed by atoms with Gasteiger partial charge >= 0.3 is 12.1 Å². The summed E-state index contributed by atoms with van der Waals surface area (Å²) in [6.45, 7) is 0. The molecule has 1 rings (SSSR count). The Balaban J connectivity index is 2.64. The van der Waals surface area contributed by atoms with Gasteiger partial charge in [-0.05, 0) is 0 Å². The molecule has 0 saturated heterocycles. The highest BCUT2D eigenvalue weighted by Gasteiger charge is 2.34. The van der Waals surface area contributed by atoms with Crippen molar-refractivity contribution in [3.8, 4) is 0 Å². The third-order valence-electron chi connectivity index (χ3n) is 1.43. The number of alkyl halides is 3. The molecule has 0 aliphatic carbocycles. The molecule has 7 heteroatoms. The fraction of sp³-hybridized carbons (Fsp3) is 0.429. The van der Waals surface area contributed by atoms with Crippen LogP contribution in [-0.4, -0.2) is 16.2 Å². The molecular formula is C7H6F3NO3. The summed E-state index contributed by atoms with van der Waals surface area (Å²) in [6.07, 6.45) is -4.93. The number of aromatic nitrogens is 1. The summed E-state index contributed by atoms with van der Waals surface area (Å²) in [5.41, 5.74) is -1.14. The number of hydrogen-bond acceptors (Lipinski definition) is 3. The standard InChI is InChI=1S/C7H6F3NO3/c8-7(9,10)5-3-4(14-11-5)1-2-6(12)13/h3H,1-2H2,(H,12,13). The first kappa shape index (κ1) is 10.6. The van der Waals surface area contributed by atoms with Gasteiger partial charge in [0, 0.05) is 12.5 Å². The van der Waals surface area contributed by atoms with Crippen LogP contribution in [-0.2, 0) is 17.4 Å². The first-order chi connectivity index (χ1) is 6.39. The first-order valence-electron chi connectivity index (χ1n) is 3.64. The van der Waals surface area contributed by atoms with Gasteiger partial charge in [0.05, 0.1) is 6.42 Å². The van der Waals surface area contributed by atoms with E-state index in [4.69, 9.17) is 5.11 Å².